The molecule has 1 aromatic carbocycles. The maximum atomic E-state index is 13.7. The van der Waals surface area contributed by atoms with E-state index in [-0.39, 0.29) is 23.8 Å². The number of ether oxygens (including phenoxy) is 1. The normalized spacial score (nSPS) is 13.5. The molecule has 7 nitrogen and oxygen atoms in total. The number of rotatable bonds is 6. The molecule has 0 unspecified atom stereocenters. The number of aromatic amines is 1. The molecule has 0 aliphatic heterocycles. The van der Waals surface area contributed by atoms with Gasteiger partial charge in [0.15, 0.2) is 0 Å². The predicted octanol–water partition coefficient (Wildman–Crippen LogP) is 3.69. The molecule has 162 valence electrons. The number of nitrogens with zero attached hydrogens (tertiary/aromatic N) is 2. The topological polar surface area (TPSA) is 100 Å². The fraction of sp³-hybridized carbons (Fsp3) is 0.368. The lowest BCUT2D eigenvalue weighted by atomic mass is 10.1. The highest BCUT2D eigenvalue weighted by atomic mass is 31.2. The Morgan fingerprint density at radius 2 is 2.03 bits per heavy atom. The smallest absolute Gasteiger partial charge is 0.419 e. The minimum atomic E-state index is -4.69. The van der Waals surface area contributed by atoms with Crippen molar-refractivity contribution in [1.82, 2.24) is 15.0 Å². The van der Waals surface area contributed by atoms with Gasteiger partial charge in [-0.25, -0.2) is 9.97 Å². The first-order valence-corrected chi connectivity index (χ1v) is 11.6. The van der Waals surface area contributed by atoms with Crippen LogP contribution in [0, 0.1) is 0 Å². The van der Waals surface area contributed by atoms with Crippen molar-refractivity contribution >= 4 is 29.3 Å². The number of halogens is 3. The first-order valence-electron chi connectivity index (χ1n) is 9.02. The Bertz CT molecular complexity index is 1120. The summed E-state index contributed by atoms with van der Waals surface area (Å²) in [6.07, 6.45) is -2.58. The third-order valence-electron chi connectivity index (χ3n) is 4.56. The molecule has 2 aromatic heterocycles. The summed E-state index contributed by atoms with van der Waals surface area (Å²) >= 11 is 0. The molecule has 3 aromatic rings. The van der Waals surface area contributed by atoms with Gasteiger partial charge in [0.2, 0.25) is 5.95 Å². The Morgan fingerprint density at radius 3 is 2.60 bits per heavy atom. The van der Waals surface area contributed by atoms with Crippen molar-refractivity contribution in [2.45, 2.75) is 19.1 Å². The summed E-state index contributed by atoms with van der Waals surface area (Å²) in [4.78, 5) is 10.8. The van der Waals surface area contributed by atoms with Crippen molar-refractivity contribution in [1.29, 1.82) is 0 Å². The number of aliphatic hydroxyl groups excluding tert-OH is 1. The lowest BCUT2D eigenvalue weighted by molar-refractivity contribution is -0.137. The molecule has 30 heavy (non-hydrogen) atoms. The summed E-state index contributed by atoms with van der Waals surface area (Å²) in [6.45, 7) is 4.55. The quantitative estimate of drug-likeness (QED) is 0.504. The number of aliphatic hydroxyl groups is 1. The number of anilines is 1. The second-order valence-corrected chi connectivity index (χ2v) is 10.5. The molecule has 0 spiro atoms. The third-order valence-corrected chi connectivity index (χ3v) is 6.07. The molecule has 3 N–H and O–H groups in total. The molecule has 3 rings (SSSR count). The van der Waals surface area contributed by atoms with E-state index in [2.05, 4.69) is 20.3 Å². The predicted molar refractivity (Wildman–Crippen MR) is 110 cm³/mol. The van der Waals surface area contributed by atoms with E-state index in [9.17, 15) is 22.8 Å². The van der Waals surface area contributed by atoms with Gasteiger partial charge in [0, 0.05) is 34.7 Å². The van der Waals surface area contributed by atoms with E-state index in [4.69, 9.17) is 4.74 Å². The number of alkyl halides is 3. The van der Waals surface area contributed by atoms with Gasteiger partial charge < -0.3 is 24.7 Å². The van der Waals surface area contributed by atoms with Gasteiger partial charge in [-0.1, -0.05) is 0 Å². The Hall–Kier alpha value is -2.58. The maximum absolute atomic E-state index is 13.7. The van der Waals surface area contributed by atoms with Crippen LogP contribution < -0.4 is 15.4 Å². The van der Waals surface area contributed by atoms with Crippen LogP contribution in [-0.4, -0.2) is 53.1 Å². The van der Waals surface area contributed by atoms with Crippen LogP contribution in [0.5, 0.6) is 5.75 Å². The first kappa shape index (κ1) is 22.1. The van der Waals surface area contributed by atoms with Gasteiger partial charge in [-0.2, -0.15) is 13.2 Å². The molecular weight excluding hydrogens is 420 g/mol. The minimum Gasteiger partial charge on any atom is -0.497 e. The number of nitrogens with one attached hydrogen (secondary N) is 2. The number of H-pyrrole nitrogens is 1. The zero-order valence-corrected chi connectivity index (χ0v) is 17.7. The number of aromatic nitrogens is 3. The van der Waals surface area contributed by atoms with E-state index in [0.29, 0.717) is 28.2 Å². The van der Waals surface area contributed by atoms with Crippen LogP contribution in [0.1, 0.15) is 12.5 Å². The Kier molecular flexibility index (Phi) is 5.84. The van der Waals surface area contributed by atoms with Crippen molar-refractivity contribution in [3.63, 3.8) is 0 Å². The molecule has 0 fully saturated rings. The summed E-state index contributed by atoms with van der Waals surface area (Å²) in [5.74, 6) is 0.325. The average Bonchev–Trinajstić information content (AvgIpc) is 3.08. The van der Waals surface area contributed by atoms with Gasteiger partial charge in [0.1, 0.15) is 18.5 Å². The zero-order valence-electron chi connectivity index (χ0n) is 16.8. The van der Waals surface area contributed by atoms with Crippen LogP contribution in [-0.2, 0) is 10.7 Å². The zero-order chi connectivity index (χ0) is 22.3. The highest BCUT2D eigenvalue weighted by molar-refractivity contribution is 7.70. The van der Waals surface area contributed by atoms with E-state index in [0.717, 1.165) is 0 Å². The Balaban J connectivity index is 2.31. The minimum absolute atomic E-state index is 0.0475. The Morgan fingerprint density at radius 1 is 1.33 bits per heavy atom. The SMILES string of the molecule is COc1cc(P(C)(C)=O)c2[nH]cc(-c3nc(N[C@@H](C)CO)ncc3C(F)(F)F)c2c1. The molecule has 1 atom stereocenters. The molecular formula is C19H22F3N4O3P. The van der Waals surface area contributed by atoms with Crippen LogP contribution in [0.4, 0.5) is 19.1 Å². The molecule has 0 aliphatic rings. The lowest BCUT2D eigenvalue weighted by Gasteiger charge is -2.16. The average molecular weight is 442 g/mol. The van der Waals surface area contributed by atoms with Crippen molar-refractivity contribution in [3.8, 4) is 17.0 Å². The van der Waals surface area contributed by atoms with E-state index >= 15 is 0 Å². The molecule has 0 saturated heterocycles. The van der Waals surface area contributed by atoms with E-state index in [1.165, 1.54) is 13.3 Å². The van der Waals surface area contributed by atoms with Crippen LogP contribution in [0.25, 0.3) is 22.2 Å². The second kappa shape index (κ2) is 7.92. The maximum Gasteiger partial charge on any atom is 0.419 e. The van der Waals surface area contributed by atoms with Crippen molar-refractivity contribution in [2.24, 2.45) is 0 Å². The second-order valence-electron chi connectivity index (χ2n) is 7.30. The molecule has 0 radical (unpaired) electrons. The first-order chi connectivity index (χ1) is 14.0. The van der Waals surface area contributed by atoms with Crippen molar-refractivity contribution < 1.29 is 27.6 Å². The largest absolute Gasteiger partial charge is 0.497 e. The number of methoxy groups -OCH3 is 1. The van der Waals surface area contributed by atoms with Gasteiger partial charge in [-0.3, -0.25) is 0 Å². The van der Waals surface area contributed by atoms with Gasteiger partial charge in [0.25, 0.3) is 0 Å². The summed E-state index contributed by atoms with van der Waals surface area (Å²) in [6, 6.07) is 2.74. The van der Waals surface area contributed by atoms with E-state index < -0.39 is 24.9 Å². The fourth-order valence-electron chi connectivity index (χ4n) is 3.06. The van der Waals surface area contributed by atoms with Crippen LogP contribution in [0.3, 0.4) is 0 Å². The number of hydrogen-bond acceptors (Lipinski definition) is 6. The van der Waals surface area contributed by atoms with Crippen molar-refractivity contribution in [3.05, 3.63) is 30.1 Å². The van der Waals surface area contributed by atoms with Crippen LogP contribution in [0.15, 0.2) is 24.5 Å². The summed E-state index contributed by atoms with van der Waals surface area (Å²) in [5, 5.41) is 12.8. The van der Waals surface area contributed by atoms with Gasteiger partial charge in [-0.05, 0) is 32.4 Å². The molecule has 0 bridgehead atoms. The monoisotopic (exact) mass is 442 g/mol. The summed E-state index contributed by atoms with van der Waals surface area (Å²) < 4.78 is 59.1. The molecule has 0 saturated carbocycles. The summed E-state index contributed by atoms with van der Waals surface area (Å²) in [7, 11) is -1.34. The molecule has 11 heteroatoms. The standard InChI is InChI=1S/C19H22F3N4O3P/c1-10(9-27)25-18-24-8-14(19(20,21)22)16(26-18)13-7-23-17-12(13)5-11(29-2)6-15(17)30(3,4)28/h5-8,10,23,27H,9H2,1-4H3,(H,24,25,26)/t10-/m0/s1. The van der Waals surface area contributed by atoms with Gasteiger partial charge in [0.05, 0.1) is 24.9 Å². The number of hydrogen-bond donors (Lipinski definition) is 3. The van der Waals surface area contributed by atoms with Crippen LogP contribution >= 0.6 is 7.14 Å². The molecule has 0 amide bonds. The number of fused-ring (bicyclic) bond motifs is 1. The van der Waals surface area contributed by atoms with E-state index in [1.807, 2.05) is 0 Å². The fourth-order valence-corrected chi connectivity index (χ4v) is 4.22. The molecule has 2 heterocycles. The van der Waals surface area contributed by atoms with Gasteiger partial charge in [-0.15, -0.1) is 0 Å². The van der Waals surface area contributed by atoms with E-state index in [1.54, 1.807) is 32.4 Å². The Labute approximate surface area is 171 Å². The highest BCUT2D eigenvalue weighted by Gasteiger charge is 2.36. The molecule has 0 aliphatic carbocycles. The van der Waals surface area contributed by atoms with Crippen LogP contribution in [0.2, 0.25) is 0 Å². The highest BCUT2D eigenvalue weighted by Crippen LogP contribution is 2.43. The summed E-state index contributed by atoms with van der Waals surface area (Å²) in [5.41, 5.74) is -0.707. The van der Waals surface area contributed by atoms with Crippen molar-refractivity contribution in [2.75, 3.05) is 32.4 Å². The lowest BCUT2D eigenvalue weighted by Crippen LogP contribution is -2.21. The number of benzene rings is 1. The third kappa shape index (κ3) is 4.29. The van der Waals surface area contributed by atoms with Gasteiger partial charge >= 0.3 is 6.18 Å².